The second-order valence-corrected chi connectivity index (χ2v) is 9.57. The summed E-state index contributed by atoms with van der Waals surface area (Å²) in [4.78, 5) is 25.6. The van der Waals surface area contributed by atoms with Gasteiger partial charge in [0, 0.05) is 6.42 Å². The fourth-order valence-electron chi connectivity index (χ4n) is 4.74. The average Bonchev–Trinajstić information content (AvgIpc) is 3.10. The van der Waals surface area contributed by atoms with Gasteiger partial charge in [0.2, 0.25) is 0 Å². The SMILES string of the molecule is CCOC(=O)CCC(NC(=O)c1cnn2c1NC(c1ccccc1)CC2(C)C)C1=CC=CC=CC1. The van der Waals surface area contributed by atoms with Crippen LogP contribution in [0.5, 0.6) is 0 Å². The van der Waals surface area contributed by atoms with Crippen LogP contribution in [0.3, 0.4) is 0 Å². The minimum absolute atomic E-state index is 0.0707. The number of benzene rings is 1. The number of carbonyl (C=O) groups excluding carboxylic acids is 2. The molecule has 2 aromatic rings. The number of nitrogens with zero attached hydrogens (tertiary/aromatic N) is 2. The maximum absolute atomic E-state index is 13.6. The van der Waals surface area contributed by atoms with Crippen LogP contribution in [0.25, 0.3) is 0 Å². The van der Waals surface area contributed by atoms with E-state index in [1.165, 1.54) is 5.56 Å². The molecule has 1 amide bonds. The van der Waals surface area contributed by atoms with Gasteiger partial charge in [-0.2, -0.15) is 5.10 Å². The van der Waals surface area contributed by atoms with E-state index in [1.807, 2.05) is 47.2 Å². The van der Waals surface area contributed by atoms with Crippen molar-refractivity contribution in [2.75, 3.05) is 11.9 Å². The number of anilines is 1. The van der Waals surface area contributed by atoms with E-state index in [0.717, 1.165) is 12.0 Å². The molecule has 1 aromatic heterocycles. The van der Waals surface area contributed by atoms with Crippen LogP contribution >= 0.6 is 0 Å². The summed E-state index contributed by atoms with van der Waals surface area (Å²) in [5.74, 6) is 0.241. The van der Waals surface area contributed by atoms with Crippen molar-refractivity contribution in [1.29, 1.82) is 0 Å². The fourth-order valence-corrected chi connectivity index (χ4v) is 4.74. The fraction of sp³-hybridized carbons (Fsp3) is 0.393. The zero-order valence-electron chi connectivity index (χ0n) is 20.7. The van der Waals surface area contributed by atoms with E-state index in [4.69, 9.17) is 4.74 Å². The van der Waals surface area contributed by atoms with Gasteiger partial charge < -0.3 is 15.4 Å². The maximum atomic E-state index is 13.6. The van der Waals surface area contributed by atoms with Crippen LogP contribution in [-0.4, -0.2) is 34.3 Å². The quantitative estimate of drug-likeness (QED) is 0.523. The molecule has 7 nitrogen and oxygen atoms in total. The third-order valence-corrected chi connectivity index (χ3v) is 6.52. The largest absolute Gasteiger partial charge is 0.466 e. The molecule has 2 atom stereocenters. The standard InChI is InChI=1S/C28H34N4O3/c1-4-35-25(33)17-16-23(20-12-8-5-6-9-13-20)31-27(34)22-19-29-32-26(22)30-24(18-28(32,2)3)21-14-10-7-11-15-21/h5-12,14-15,19,23-24,30H,4,13,16-18H2,1-3H3,(H,31,34). The van der Waals surface area contributed by atoms with Crippen molar-refractivity contribution in [2.24, 2.45) is 0 Å². The molecule has 0 radical (unpaired) electrons. The first kappa shape index (κ1) is 24.5. The van der Waals surface area contributed by atoms with Gasteiger partial charge in [0.1, 0.15) is 11.4 Å². The van der Waals surface area contributed by atoms with Crippen LogP contribution in [0.2, 0.25) is 0 Å². The van der Waals surface area contributed by atoms with Crippen LogP contribution in [0.15, 0.2) is 72.5 Å². The number of hydrogen-bond acceptors (Lipinski definition) is 5. The summed E-state index contributed by atoms with van der Waals surface area (Å²) in [7, 11) is 0. The molecule has 35 heavy (non-hydrogen) atoms. The van der Waals surface area contributed by atoms with Gasteiger partial charge in [-0.05, 0) is 51.2 Å². The normalized spacial score (nSPS) is 19.1. The van der Waals surface area contributed by atoms with Gasteiger partial charge in [0.15, 0.2) is 0 Å². The molecule has 2 N–H and O–H groups in total. The molecule has 184 valence electrons. The summed E-state index contributed by atoms with van der Waals surface area (Å²) in [5, 5.41) is 11.3. The molecule has 0 bridgehead atoms. The number of fused-ring (bicyclic) bond motifs is 1. The summed E-state index contributed by atoms with van der Waals surface area (Å²) in [5.41, 5.74) is 2.46. The number of hydrogen-bond donors (Lipinski definition) is 2. The van der Waals surface area contributed by atoms with E-state index in [1.54, 1.807) is 13.1 Å². The minimum Gasteiger partial charge on any atom is -0.466 e. The summed E-state index contributed by atoms with van der Waals surface area (Å²) in [6, 6.07) is 10.0. The highest BCUT2D eigenvalue weighted by molar-refractivity contribution is 5.99. The lowest BCUT2D eigenvalue weighted by Crippen LogP contribution is -2.40. The number of rotatable bonds is 8. The number of carbonyl (C=O) groups is 2. The van der Waals surface area contributed by atoms with Crippen molar-refractivity contribution in [2.45, 2.75) is 64.1 Å². The number of amides is 1. The monoisotopic (exact) mass is 474 g/mol. The molecule has 2 unspecified atom stereocenters. The first-order valence-electron chi connectivity index (χ1n) is 12.3. The minimum atomic E-state index is -0.295. The van der Waals surface area contributed by atoms with Gasteiger partial charge in [-0.25, -0.2) is 4.68 Å². The lowest BCUT2D eigenvalue weighted by Gasteiger charge is -2.38. The number of ether oxygens (including phenoxy) is 1. The molecule has 4 rings (SSSR count). The molecule has 7 heteroatoms. The summed E-state index contributed by atoms with van der Waals surface area (Å²) < 4.78 is 7.02. The highest BCUT2D eigenvalue weighted by atomic mass is 16.5. The third-order valence-electron chi connectivity index (χ3n) is 6.52. The van der Waals surface area contributed by atoms with Crippen molar-refractivity contribution in [3.8, 4) is 0 Å². The second-order valence-electron chi connectivity index (χ2n) is 9.57. The van der Waals surface area contributed by atoms with Crippen LogP contribution in [0, 0.1) is 0 Å². The molecular weight excluding hydrogens is 440 g/mol. The molecule has 1 aromatic carbocycles. The first-order chi connectivity index (χ1) is 16.9. The molecule has 1 aliphatic heterocycles. The molecular formula is C28H34N4O3. The number of esters is 1. The van der Waals surface area contributed by atoms with E-state index >= 15 is 0 Å². The Bertz CT molecular complexity index is 1140. The van der Waals surface area contributed by atoms with Gasteiger partial charge in [-0.3, -0.25) is 9.59 Å². The second kappa shape index (κ2) is 10.8. The van der Waals surface area contributed by atoms with Crippen LogP contribution in [-0.2, 0) is 15.1 Å². The molecule has 0 fully saturated rings. The van der Waals surface area contributed by atoms with Gasteiger partial charge in [0.05, 0.1) is 30.4 Å². The molecule has 1 aliphatic carbocycles. The topological polar surface area (TPSA) is 85.2 Å². The highest BCUT2D eigenvalue weighted by Crippen LogP contribution is 2.39. The molecule has 0 spiro atoms. The smallest absolute Gasteiger partial charge is 0.305 e. The maximum Gasteiger partial charge on any atom is 0.305 e. The van der Waals surface area contributed by atoms with Crippen molar-refractivity contribution in [3.05, 3.63) is 83.6 Å². The summed E-state index contributed by atoms with van der Waals surface area (Å²) in [6.45, 7) is 6.41. The highest BCUT2D eigenvalue weighted by Gasteiger charge is 2.37. The van der Waals surface area contributed by atoms with Gasteiger partial charge in [-0.1, -0.05) is 60.7 Å². The lowest BCUT2D eigenvalue weighted by atomic mass is 9.89. The Balaban J connectivity index is 1.58. The average molecular weight is 475 g/mol. The Morgan fingerprint density at radius 1 is 1.23 bits per heavy atom. The van der Waals surface area contributed by atoms with E-state index in [2.05, 4.69) is 47.8 Å². The Morgan fingerprint density at radius 2 is 2.03 bits per heavy atom. The Kier molecular flexibility index (Phi) is 7.54. The predicted octanol–water partition coefficient (Wildman–Crippen LogP) is 5.06. The predicted molar refractivity (Wildman–Crippen MR) is 137 cm³/mol. The molecule has 2 heterocycles. The van der Waals surface area contributed by atoms with E-state index in [-0.39, 0.29) is 35.9 Å². The summed E-state index contributed by atoms with van der Waals surface area (Å²) in [6.07, 6.45) is 13.8. The van der Waals surface area contributed by atoms with Crippen molar-refractivity contribution in [1.82, 2.24) is 15.1 Å². The number of aromatic nitrogens is 2. The Hall–Kier alpha value is -3.61. The molecule has 0 saturated heterocycles. The Labute approximate surface area is 206 Å². The number of nitrogens with one attached hydrogen (secondary N) is 2. The zero-order valence-corrected chi connectivity index (χ0v) is 20.7. The molecule has 0 saturated carbocycles. The van der Waals surface area contributed by atoms with Crippen molar-refractivity contribution < 1.29 is 14.3 Å². The van der Waals surface area contributed by atoms with Gasteiger partial charge >= 0.3 is 5.97 Å². The van der Waals surface area contributed by atoms with Gasteiger partial charge in [-0.15, -0.1) is 0 Å². The first-order valence-corrected chi connectivity index (χ1v) is 12.3. The van der Waals surface area contributed by atoms with Crippen molar-refractivity contribution in [3.63, 3.8) is 0 Å². The van der Waals surface area contributed by atoms with E-state index < -0.39 is 0 Å². The van der Waals surface area contributed by atoms with E-state index in [9.17, 15) is 9.59 Å². The number of allylic oxidation sites excluding steroid dienone is 5. The van der Waals surface area contributed by atoms with Crippen LogP contribution in [0.1, 0.15) is 68.4 Å². The lowest BCUT2D eigenvalue weighted by molar-refractivity contribution is -0.143. The van der Waals surface area contributed by atoms with E-state index in [0.29, 0.717) is 30.8 Å². The van der Waals surface area contributed by atoms with Crippen LogP contribution < -0.4 is 10.6 Å². The van der Waals surface area contributed by atoms with Crippen LogP contribution in [0.4, 0.5) is 5.82 Å². The van der Waals surface area contributed by atoms with Gasteiger partial charge in [0.25, 0.3) is 5.91 Å². The summed E-state index contributed by atoms with van der Waals surface area (Å²) >= 11 is 0. The molecule has 2 aliphatic rings. The Morgan fingerprint density at radius 3 is 2.80 bits per heavy atom. The van der Waals surface area contributed by atoms with Crippen molar-refractivity contribution >= 4 is 17.7 Å². The zero-order chi connectivity index (χ0) is 24.8. The third kappa shape index (κ3) is 5.73.